The highest BCUT2D eigenvalue weighted by Gasteiger charge is 2.28. The zero-order valence-electron chi connectivity index (χ0n) is 6.54. The third-order valence-corrected chi connectivity index (χ3v) is 2.39. The second-order valence-corrected chi connectivity index (χ2v) is 3.46. The molecule has 0 saturated carbocycles. The minimum atomic E-state index is 0.185. The van der Waals surface area contributed by atoms with Crippen molar-refractivity contribution in [3.63, 3.8) is 0 Å². The van der Waals surface area contributed by atoms with Crippen molar-refractivity contribution in [2.24, 2.45) is 0 Å². The molecule has 0 amide bonds. The van der Waals surface area contributed by atoms with Gasteiger partial charge in [0.25, 0.3) is 0 Å². The third-order valence-electron chi connectivity index (χ3n) is 2.15. The summed E-state index contributed by atoms with van der Waals surface area (Å²) < 4.78 is 5.13. The summed E-state index contributed by atoms with van der Waals surface area (Å²) in [7, 11) is 0. The fourth-order valence-electron chi connectivity index (χ4n) is 1.50. The number of benzene rings is 2. The molecule has 1 N–H and O–H groups in total. The fraction of sp³-hybridized carbons (Fsp3) is 0. The van der Waals surface area contributed by atoms with Crippen molar-refractivity contribution in [3.05, 3.63) is 29.3 Å². The Hall–Kier alpha value is -1.41. The van der Waals surface area contributed by atoms with Gasteiger partial charge in [-0.3, -0.25) is 0 Å². The molecule has 0 fully saturated rings. The molecule has 1 aliphatic rings. The largest absolute Gasteiger partial charge is 0.504 e. The van der Waals surface area contributed by atoms with Gasteiger partial charge in [0.15, 0.2) is 11.5 Å². The number of halogens is 1. The summed E-state index contributed by atoms with van der Waals surface area (Å²) in [5.41, 5.74) is 0. The smallest absolute Gasteiger partial charge is 0.212 e. The van der Waals surface area contributed by atoms with E-state index in [2.05, 4.69) is 0 Å². The Bertz CT molecular complexity index is 520. The predicted octanol–water partition coefficient (Wildman–Crippen LogP) is 3.30. The molecule has 1 heterocycles. The molecule has 2 nitrogen and oxygen atoms in total. The molecule has 0 bridgehead atoms. The monoisotopic (exact) mass is 192 g/mol. The molecule has 0 aromatic heterocycles. The number of phenols is 1. The van der Waals surface area contributed by atoms with E-state index in [4.69, 9.17) is 16.3 Å². The summed E-state index contributed by atoms with van der Waals surface area (Å²) in [5, 5.41) is 12.0. The quantitative estimate of drug-likeness (QED) is 0.555. The lowest BCUT2D eigenvalue weighted by Gasteiger charge is -1.94. The van der Waals surface area contributed by atoms with E-state index < -0.39 is 0 Å². The molecule has 0 radical (unpaired) electrons. The summed E-state index contributed by atoms with van der Waals surface area (Å²) in [6, 6.07) is 7.16. The summed E-state index contributed by atoms with van der Waals surface area (Å²) in [6.45, 7) is 0. The SMILES string of the molecule is Oc1cc2cc(Cl)ccc2c2c1O2. The molecule has 64 valence electrons. The first-order chi connectivity index (χ1) is 6.25. The zero-order valence-corrected chi connectivity index (χ0v) is 7.30. The summed E-state index contributed by atoms with van der Waals surface area (Å²) in [5.74, 6) is 1.55. The van der Waals surface area contributed by atoms with Gasteiger partial charge in [-0.05, 0) is 29.7 Å². The summed E-state index contributed by atoms with van der Waals surface area (Å²) >= 11 is 5.82. The summed E-state index contributed by atoms with van der Waals surface area (Å²) in [6.07, 6.45) is 0. The number of rotatable bonds is 0. The van der Waals surface area contributed by atoms with Gasteiger partial charge in [-0.2, -0.15) is 0 Å². The van der Waals surface area contributed by atoms with E-state index in [1.807, 2.05) is 12.1 Å². The second-order valence-electron chi connectivity index (χ2n) is 3.02. The van der Waals surface area contributed by atoms with Crippen LogP contribution in [-0.4, -0.2) is 5.11 Å². The Balaban J connectivity index is 2.47. The van der Waals surface area contributed by atoms with Gasteiger partial charge in [-0.25, -0.2) is 0 Å². The highest BCUT2D eigenvalue weighted by Crippen LogP contribution is 2.56. The van der Waals surface area contributed by atoms with Crippen molar-refractivity contribution in [2.45, 2.75) is 0 Å². The van der Waals surface area contributed by atoms with Crippen LogP contribution in [0.3, 0.4) is 0 Å². The molecule has 0 saturated heterocycles. The Morgan fingerprint density at radius 1 is 1.15 bits per heavy atom. The Morgan fingerprint density at radius 2 is 2.00 bits per heavy atom. The zero-order chi connectivity index (χ0) is 9.00. The fourth-order valence-corrected chi connectivity index (χ4v) is 1.68. The highest BCUT2D eigenvalue weighted by atomic mass is 35.5. The van der Waals surface area contributed by atoms with Crippen molar-refractivity contribution in [1.29, 1.82) is 0 Å². The molecule has 3 heteroatoms. The van der Waals surface area contributed by atoms with Gasteiger partial charge >= 0.3 is 0 Å². The van der Waals surface area contributed by atoms with Crippen LogP contribution in [0.5, 0.6) is 17.2 Å². The molecule has 13 heavy (non-hydrogen) atoms. The number of fused-ring (bicyclic) bond motifs is 3. The summed E-state index contributed by atoms with van der Waals surface area (Å²) in [4.78, 5) is 0. The predicted molar refractivity (Wildman–Crippen MR) is 50.7 cm³/mol. The standard InChI is InChI=1S/C10H5ClO2/c11-6-1-2-7-5(3-6)4-8(12)10-9(7)13-10/h1-4,12H. The molecule has 0 spiro atoms. The van der Waals surface area contributed by atoms with Crippen LogP contribution in [0.1, 0.15) is 0 Å². The number of hydrogen-bond acceptors (Lipinski definition) is 2. The van der Waals surface area contributed by atoms with E-state index in [9.17, 15) is 5.11 Å². The first-order valence-corrected chi connectivity index (χ1v) is 4.26. The van der Waals surface area contributed by atoms with E-state index >= 15 is 0 Å². The average Bonchev–Trinajstić information content (AvgIpc) is 2.83. The van der Waals surface area contributed by atoms with Crippen molar-refractivity contribution < 1.29 is 9.84 Å². The molecule has 3 rings (SSSR count). The minimum absolute atomic E-state index is 0.185. The van der Waals surface area contributed by atoms with Gasteiger partial charge in [0, 0.05) is 10.4 Å². The van der Waals surface area contributed by atoms with Crippen LogP contribution in [0.2, 0.25) is 5.02 Å². The van der Waals surface area contributed by atoms with Crippen LogP contribution in [-0.2, 0) is 0 Å². The number of phenolic OH excluding ortho intramolecular Hbond substituents is 1. The van der Waals surface area contributed by atoms with Gasteiger partial charge < -0.3 is 9.84 Å². The molecule has 0 atom stereocenters. The lowest BCUT2D eigenvalue weighted by atomic mass is 10.1. The van der Waals surface area contributed by atoms with Crippen LogP contribution in [0, 0.1) is 0 Å². The average molecular weight is 193 g/mol. The first kappa shape index (κ1) is 7.04. The maximum atomic E-state index is 9.39. The molecular formula is C10H5ClO2. The van der Waals surface area contributed by atoms with E-state index in [1.165, 1.54) is 0 Å². The Morgan fingerprint density at radius 3 is 2.85 bits per heavy atom. The number of aromatic hydroxyl groups is 1. The molecule has 2 aromatic carbocycles. The van der Waals surface area contributed by atoms with E-state index in [0.717, 1.165) is 16.5 Å². The van der Waals surface area contributed by atoms with Gasteiger partial charge in [-0.15, -0.1) is 0 Å². The lowest BCUT2D eigenvalue weighted by Crippen LogP contribution is -1.68. The highest BCUT2D eigenvalue weighted by molar-refractivity contribution is 6.31. The minimum Gasteiger partial charge on any atom is -0.504 e. The van der Waals surface area contributed by atoms with E-state index in [-0.39, 0.29) is 5.75 Å². The topological polar surface area (TPSA) is 32.8 Å². The van der Waals surface area contributed by atoms with Crippen molar-refractivity contribution in [2.75, 3.05) is 0 Å². The van der Waals surface area contributed by atoms with Crippen LogP contribution >= 0.6 is 11.6 Å². The van der Waals surface area contributed by atoms with Crippen LogP contribution in [0.15, 0.2) is 24.3 Å². The normalized spacial score (nSPS) is 12.4. The van der Waals surface area contributed by atoms with Crippen molar-refractivity contribution >= 4 is 22.4 Å². The molecule has 0 aliphatic carbocycles. The second kappa shape index (κ2) is 2.09. The molecule has 2 aromatic rings. The van der Waals surface area contributed by atoms with Gasteiger partial charge in [0.2, 0.25) is 5.75 Å². The van der Waals surface area contributed by atoms with Crippen molar-refractivity contribution in [1.82, 2.24) is 0 Å². The van der Waals surface area contributed by atoms with Crippen LogP contribution in [0.25, 0.3) is 10.8 Å². The maximum Gasteiger partial charge on any atom is 0.212 e. The molecule has 1 aliphatic heterocycles. The van der Waals surface area contributed by atoms with Gasteiger partial charge in [-0.1, -0.05) is 11.6 Å². The van der Waals surface area contributed by atoms with Gasteiger partial charge in [0.1, 0.15) is 0 Å². The van der Waals surface area contributed by atoms with Crippen molar-refractivity contribution in [3.8, 4) is 17.2 Å². The Kier molecular flexibility index (Phi) is 1.13. The number of ether oxygens (including phenoxy) is 1. The van der Waals surface area contributed by atoms with E-state index in [1.54, 1.807) is 12.1 Å². The van der Waals surface area contributed by atoms with E-state index in [0.29, 0.717) is 10.8 Å². The lowest BCUT2D eigenvalue weighted by molar-refractivity contribution is 0.464. The van der Waals surface area contributed by atoms with Crippen LogP contribution in [0.4, 0.5) is 0 Å². The first-order valence-electron chi connectivity index (χ1n) is 3.89. The molecular weight excluding hydrogens is 188 g/mol. The Labute approximate surface area is 79.3 Å². The number of hydrogen-bond donors (Lipinski definition) is 1. The van der Waals surface area contributed by atoms with Gasteiger partial charge in [0.05, 0.1) is 0 Å². The third kappa shape index (κ3) is 0.892. The van der Waals surface area contributed by atoms with Crippen LogP contribution < -0.4 is 4.74 Å². The molecule has 0 unspecified atom stereocenters. The maximum absolute atomic E-state index is 9.39.